The van der Waals surface area contributed by atoms with Gasteiger partial charge in [0.2, 0.25) is 16.9 Å². The molecule has 6 heteroatoms. The van der Waals surface area contributed by atoms with Crippen molar-refractivity contribution >= 4 is 11.0 Å². The van der Waals surface area contributed by atoms with Crippen molar-refractivity contribution < 1.29 is 18.3 Å². The van der Waals surface area contributed by atoms with Gasteiger partial charge in [-0.1, -0.05) is 12.1 Å². The molecule has 6 nitrogen and oxygen atoms in total. The van der Waals surface area contributed by atoms with Gasteiger partial charge < -0.3 is 18.3 Å². The van der Waals surface area contributed by atoms with Crippen molar-refractivity contribution in [3.8, 4) is 17.3 Å². The molecule has 1 fully saturated rings. The summed E-state index contributed by atoms with van der Waals surface area (Å²) in [5.74, 6) is 1.00. The Labute approximate surface area is 144 Å². The second-order valence-corrected chi connectivity index (χ2v) is 5.87. The third-order valence-electron chi connectivity index (χ3n) is 4.26. The highest BCUT2D eigenvalue weighted by atomic mass is 16.5. The zero-order chi connectivity index (χ0) is 17.1. The number of rotatable bonds is 5. The Bertz CT molecular complexity index is 894. The first kappa shape index (κ1) is 15.9. The Morgan fingerprint density at radius 2 is 1.92 bits per heavy atom. The van der Waals surface area contributed by atoms with E-state index in [4.69, 9.17) is 18.3 Å². The van der Waals surface area contributed by atoms with Gasteiger partial charge >= 0.3 is 0 Å². The van der Waals surface area contributed by atoms with Crippen LogP contribution in [0.4, 0.5) is 0 Å². The minimum atomic E-state index is -0.185. The molecule has 1 aliphatic rings. The summed E-state index contributed by atoms with van der Waals surface area (Å²) in [4.78, 5) is 15.1. The Morgan fingerprint density at radius 1 is 1.08 bits per heavy atom. The van der Waals surface area contributed by atoms with Crippen molar-refractivity contribution in [3.05, 3.63) is 52.9 Å². The van der Waals surface area contributed by atoms with Gasteiger partial charge in [0.25, 0.3) is 0 Å². The first-order valence-electron chi connectivity index (χ1n) is 8.35. The lowest BCUT2D eigenvalue weighted by atomic mass is 10.2. The van der Waals surface area contributed by atoms with E-state index in [1.807, 2.05) is 12.1 Å². The quantitative estimate of drug-likeness (QED) is 0.711. The number of morpholine rings is 1. The highest BCUT2D eigenvalue weighted by molar-refractivity contribution is 5.81. The Hall–Kier alpha value is -2.57. The van der Waals surface area contributed by atoms with Gasteiger partial charge in [-0.15, -0.1) is 0 Å². The van der Waals surface area contributed by atoms with Crippen LogP contribution in [-0.4, -0.2) is 44.4 Å². The number of fused-ring (bicyclic) bond motifs is 1. The predicted octanol–water partition coefficient (Wildman–Crippen LogP) is 2.76. The summed E-state index contributed by atoms with van der Waals surface area (Å²) in [7, 11) is 0. The molecular formula is C19H19NO5. The van der Waals surface area contributed by atoms with Crippen molar-refractivity contribution in [2.24, 2.45) is 0 Å². The predicted molar refractivity (Wildman–Crippen MR) is 92.9 cm³/mol. The van der Waals surface area contributed by atoms with Gasteiger partial charge in [-0.2, -0.15) is 0 Å². The van der Waals surface area contributed by atoms with E-state index in [0.29, 0.717) is 29.1 Å². The summed E-state index contributed by atoms with van der Waals surface area (Å²) < 4.78 is 22.5. The Balaban J connectivity index is 1.64. The smallest absolute Gasteiger partial charge is 0.235 e. The number of furan rings is 1. The molecular weight excluding hydrogens is 322 g/mol. The lowest BCUT2D eigenvalue weighted by Crippen LogP contribution is -2.38. The van der Waals surface area contributed by atoms with E-state index in [1.165, 1.54) is 0 Å². The summed E-state index contributed by atoms with van der Waals surface area (Å²) in [6.07, 6.45) is 1.54. The Morgan fingerprint density at radius 3 is 2.72 bits per heavy atom. The van der Waals surface area contributed by atoms with E-state index in [2.05, 4.69) is 4.90 Å². The van der Waals surface area contributed by atoms with E-state index in [1.54, 1.807) is 30.5 Å². The number of hydrogen-bond acceptors (Lipinski definition) is 6. The molecule has 1 saturated heterocycles. The van der Waals surface area contributed by atoms with Crippen molar-refractivity contribution in [2.75, 3.05) is 39.5 Å². The van der Waals surface area contributed by atoms with Crippen LogP contribution in [0.2, 0.25) is 0 Å². The molecule has 3 heterocycles. The van der Waals surface area contributed by atoms with Crippen LogP contribution in [0.5, 0.6) is 5.75 Å². The van der Waals surface area contributed by atoms with Crippen LogP contribution in [0.15, 0.2) is 56.3 Å². The number of hydrogen-bond donors (Lipinski definition) is 0. The van der Waals surface area contributed by atoms with Gasteiger partial charge in [0.05, 0.1) is 24.9 Å². The van der Waals surface area contributed by atoms with E-state index >= 15 is 0 Å². The van der Waals surface area contributed by atoms with E-state index < -0.39 is 0 Å². The van der Waals surface area contributed by atoms with Crippen LogP contribution >= 0.6 is 0 Å². The first-order chi connectivity index (χ1) is 12.3. The maximum atomic E-state index is 12.9. The fourth-order valence-corrected chi connectivity index (χ4v) is 2.93. The molecule has 3 aromatic rings. The minimum Gasteiger partial charge on any atom is -0.485 e. The van der Waals surface area contributed by atoms with Crippen LogP contribution in [0, 0.1) is 0 Å². The molecule has 2 aromatic heterocycles. The van der Waals surface area contributed by atoms with Crippen molar-refractivity contribution in [1.29, 1.82) is 0 Å². The van der Waals surface area contributed by atoms with E-state index in [0.717, 1.165) is 32.8 Å². The molecule has 0 amide bonds. The molecule has 1 aliphatic heterocycles. The SMILES string of the molecule is O=c1c(OCCN2CCOCC2)c(-c2ccco2)oc2ccccc12. The maximum Gasteiger partial charge on any atom is 0.235 e. The lowest BCUT2D eigenvalue weighted by molar-refractivity contribution is 0.0321. The highest BCUT2D eigenvalue weighted by Gasteiger charge is 2.20. The fraction of sp³-hybridized carbons (Fsp3) is 0.316. The number of ether oxygens (including phenoxy) is 2. The molecule has 0 atom stereocenters. The number of para-hydroxylation sites is 1. The molecule has 0 N–H and O–H groups in total. The van der Waals surface area contributed by atoms with E-state index in [-0.39, 0.29) is 11.2 Å². The fourth-order valence-electron chi connectivity index (χ4n) is 2.93. The van der Waals surface area contributed by atoms with Crippen LogP contribution in [0.1, 0.15) is 0 Å². The molecule has 0 spiro atoms. The van der Waals surface area contributed by atoms with Gasteiger partial charge in [0, 0.05) is 19.6 Å². The highest BCUT2D eigenvalue weighted by Crippen LogP contribution is 2.31. The molecule has 0 bridgehead atoms. The standard InChI is InChI=1S/C19H19NO5/c21-17-14-4-1-2-5-15(14)25-18(16-6-3-10-23-16)19(17)24-13-9-20-7-11-22-12-8-20/h1-6,10H,7-9,11-13H2. The van der Waals surface area contributed by atoms with Gasteiger partial charge in [0.15, 0.2) is 5.76 Å². The zero-order valence-corrected chi connectivity index (χ0v) is 13.8. The molecule has 0 radical (unpaired) electrons. The molecule has 0 aliphatic carbocycles. The van der Waals surface area contributed by atoms with Crippen LogP contribution in [0.3, 0.4) is 0 Å². The number of nitrogens with zero attached hydrogens (tertiary/aromatic N) is 1. The Kier molecular flexibility index (Phi) is 4.54. The second-order valence-electron chi connectivity index (χ2n) is 5.87. The van der Waals surface area contributed by atoms with Gasteiger partial charge in [-0.3, -0.25) is 9.69 Å². The molecule has 130 valence electrons. The largest absolute Gasteiger partial charge is 0.485 e. The number of benzene rings is 1. The van der Waals surface area contributed by atoms with Crippen LogP contribution in [0.25, 0.3) is 22.5 Å². The summed E-state index contributed by atoms with van der Waals surface area (Å²) in [5.41, 5.74) is 0.328. The molecule has 25 heavy (non-hydrogen) atoms. The maximum absolute atomic E-state index is 12.9. The molecule has 0 saturated carbocycles. The minimum absolute atomic E-state index is 0.185. The van der Waals surface area contributed by atoms with Crippen molar-refractivity contribution in [2.45, 2.75) is 0 Å². The summed E-state index contributed by atoms with van der Waals surface area (Å²) in [5, 5.41) is 0.499. The van der Waals surface area contributed by atoms with Gasteiger partial charge in [-0.05, 0) is 24.3 Å². The molecule has 0 unspecified atom stereocenters. The monoisotopic (exact) mass is 341 g/mol. The third-order valence-corrected chi connectivity index (χ3v) is 4.26. The topological polar surface area (TPSA) is 65.0 Å². The average molecular weight is 341 g/mol. The average Bonchev–Trinajstić information content (AvgIpc) is 3.19. The van der Waals surface area contributed by atoms with Crippen LogP contribution < -0.4 is 10.2 Å². The van der Waals surface area contributed by atoms with Crippen molar-refractivity contribution in [3.63, 3.8) is 0 Å². The lowest BCUT2D eigenvalue weighted by Gasteiger charge is -2.26. The molecule has 1 aromatic carbocycles. The zero-order valence-electron chi connectivity index (χ0n) is 13.8. The molecule has 4 rings (SSSR count). The summed E-state index contributed by atoms with van der Waals surface area (Å²) in [6.45, 7) is 4.34. The second kappa shape index (κ2) is 7.13. The third kappa shape index (κ3) is 3.31. The first-order valence-corrected chi connectivity index (χ1v) is 8.35. The summed E-state index contributed by atoms with van der Waals surface area (Å²) in [6, 6.07) is 10.6. The van der Waals surface area contributed by atoms with Crippen LogP contribution in [-0.2, 0) is 4.74 Å². The summed E-state index contributed by atoms with van der Waals surface area (Å²) >= 11 is 0. The van der Waals surface area contributed by atoms with Gasteiger partial charge in [0.1, 0.15) is 12.2 Å². The van der Waals surface area contributed by atoms with E-state index in [9.17, 15) is 4.79 Å². The van der Waals surface area contributed by atoms with Crippen molar-refractivity contribution in [1.82, 2.24) is 4.90 Å². The normalized spacial score (nSPS) is 15.5. The van der Waals surface area contributed by atoms with Gasteiger partial charge in [-0.25, -0.2) is 0 Å².